The Morgan fingerprint density at radius 2 is 2.13 bits per heavy atom. The fourth-order valence-corrected chi connectivity index (χ4v) is 4.02. The first-order chi connectivity index (χ1) is 15.0. The molecule has 10 nitrogen and oxygen atoms in total. The van der Waals surface area contributed by atoms with Crippen LogP contribution in [0.1, 0.15) is 28.7 Å². The molecule has 0 saturated carbocycles. The van der Waals surface area contributed by atoms with Crippen LogP contribution in [-0.2, 0) is 29.7 Å². The molecular weight excluding hydrogens is 398 g/mol. The molecule has 1 aromatic carbocycles. The van der Waals surface area contributed by atoms with Crippen LogP contribution >= 0.6 is 0 Å². The molecule has 5 rings (SSSR count). The Kier molecular flexibility index (Phi) is 5.52. The van der Waals surface area contributed by atoms with Gasteiger partial charge >= 0.3 is 0 Å². The summed E-state index contributed by atoms with van der Waals surface area (Å²) in [7, 11) is 1.90. The zero-order chi connectivity index (χ0) is 22.0. The molecule has 2 N–H and O–H groups in total. The van der Waals surface area contributed by atoms with Gasteiger partial charge in [0, 0.05) is 31.3 Å². The summed E-state index contributed by atoms with van der Waals surface area (Å²) >= 11 is 0. The van der Waals surface area contributed by atoms with Gasteiger partial charge in [0.25, 0.3) is 6.47 Å². The Balaban J connectivity index is 0.000000730. The quantitative estimate of drug-likeness (QED) is 0.485. The van der Waals surface area contributed by atoms with Crippen molar-refractivity contribution < 1.29 is 14.7 Å². The number of carbonyl (C=O) groups excluding carboxylic acids is 1. The first kappa shape index (κ1) is 20.3. The minimum atomic E-state index is -0.250. The van der Waals surface area contributed by atoms with Crippen molar-refractivity contribution in [3.63, 3.8) is 0 Å². The molecule has 0 aliphatic carbocycles. The van der Waals surface area contributed by atoms with E-state index in [0.717, 1.165) is 33.8 Å². The molecule has 0 fully saturated rings. The zero-order valence-electron chi connectivity index (χ0n) is 17.3. The Morgan fingerprint density at radius 1 is 1.35 bits per heavy atom. The molecule has 31 heavy (non-hydrogen) atoms. The number of hydrogen-bond acceptors (Lipinski definition) is 5. The summed E-state index contributed by atoms with van der Waals surface area (Å²) in [5.74, 6) is 0.936. The van der Waals surface area contributed by atoms with E-state index in [1.807, 2.05) is 60.1 Å². The van der Waals surface area contributed by atoms with Gasteiger partial charge in [0.05, 0.1) is 41.5 Å². The highest BCUT2D eigenvalue weighted by Gasteiger charge is 2.32. The molecule has 160 valence electrons. The van der Waals surface area contributed by atoms with E-state index in [-0.39, 0.29) is 24.8 Å². The molecule has 1 atom stereocenters. The molecule has 0 saturated heterocycles. The number of fused-ring (bicyclic) bond motifs is 2. The van der Waals surface area contributed by atoms with E-state index < -0.39 is 0 Å². The molecule has 0 radical (unpaired) electrons. The Morgan fingerprint density at radius 3 is 2.87 bits per heavy atom. The fraction of sp³-hybridized carbons (Fsp3) is 0.286. The number of para-hydroxylation sites is 2. The van der Waals surface area contributed by atoms with E-state index in [4.69, 9.17) is 9.90 Å². The van der Waals surface area contributed by atoms with Gasteiger partial charge in [-0.25, -0.2) is 9.97 Å². The maximum Gasteiger partial charge on any atom is 0.290 e. The maximum absolute atomic E-state index is 13.2. The van der Waals surface area contributed by atoms with Gasteiger partial charge in [-0.2, -0.15) is 5.10 Å². The van der Waals surface area contributed by atoms with Crippen molar-refractivity contribution >= 4 is 23.4 Å². The fourth-order valence-electron chi connectivity index (χ4n) is 4.02. The topological polar surface area (TPSA) is 122 Å². The second-order valence-electron chi connectivity index (χ2n) is 7.38. The lowest BCUT2D eigenvalue weighted by Gasteiger charge is -2.32. The molecule has 10 heteroatoms. The molecule has 1 aliphatic heterocycles. The summed E-state index contributed by atoms with van der Waals surface area (Å²) in [6.45, 7) is 3.09. The van der Waals surface area contributed by atoms with Gasteiger partial charge < -0.3 is 19.6 Å². The Hall–Kier alpha value is -3.95. The molecular formula is C21H23N7O3. The highest BCUT2D eigenvalue weighted by molar-refractivity contribution is 5.81. The van der Waals surface area contributed by atoms with Crippen LogP contribution in [0.4, 0.5) is 0 Å². The number of benzene rings is 1. The summed E-state index contributed by atoms with van der Waals surface area (Å²) < 4.78 is 3.77. The molecule has 4 heterocycles. The van der Waals surface area contributed by atoms with Crippen LogP contribution in [0.25, 0.3) is 11.0 Å². The van der Waals surface area contributed by atoms with Crippen LogP contribution in [0.2, 0.25) is 0 Å². The van der Waals surface area contributed by atoms with Crippen molar-refractivity contribution in [2.24, 2.45) is 7.05 Å². The Labute approximate surface area is 178 Å². The Bertz CT molecular complexity index is 1220. The zero-order valence-corrected chi connectivity index (χ0v) is 17.3. The SMILES string of the molecule is Cc1nc2ccccc2n1CC(=O)N1Cc2[nH]cnc2C(c2cnn(C)c2)C1.O=CO. The number of imidazole rings is 2. The highest BCUT2D eigenvalue weighted by atomic mass is 16.3. The largest absolute Gasteiger partial charge is 0.483 e. The number of nitrogens with zero attached hydrogens (tertiary/aromatic N) is 6. The maximum atomic E-state index is 13.2. The van der Waals surface area contributed by atoms with Crippen molar-refractivity contribution in [2.45, 2.75) is 25.9 Å². The number of aromatic nitrogens is 6. The van der Waals surface area contributed by atoms with Crippen LogP contribution in [-0.4, -0.2) is 58.2 Å². The highest BCUT2D eigenvalue weighted by Crippen LogP contribution is 2.31. The first-order valence-electron chi connectivity index (χ1n) is 9.80. The van der Waals surface area contributed by atoms with Gasteiger partial charge in [-0.3, -0.25) is 14.3 Å². The average molecular weight is 421 g/mol. The molecule has 1 amide bonds. The summed E-state index contributed by atoms with van der Waals surface area (Å²) in [5.41, 5.74) is 4.95. The summed E-state index contributed by atoms with van der Waals surface area (Å²) in [5, 5.41) is 11.2. The number of nitrogens with one attached hydrogen (secondary N) is 1. The molecule has 0 spiro atoms. The van der Waals surface area contributed by atoms with E-state index in [9.17, 15) is 4.79 Å². The number of hydrogen-bond donors (Lipinski definition) is 2. The van der Waals surface area contributed by atoms with Crippen molar-refractivity contribution in [1.29, 1.82) is 0 Å². The lowest BCUT2D eigenvalue weighted by Crippen LogP contribution is -2.40. The predicted molar refractivity (Wildman–Crippen MR) is 112 cm³/mol. The summed E-state index contributed by atoms with van der Waals surface area (Å²) in [4.78, 5) is 35.7. The number of H-pyrrole nitrogens is 1. The van der Waals surface area contributed by atoms with Crippen LogP contribution < -0.4 is 0 Å². The van der Waals surface area contributed by atoms with Crippen LogP contribution in [0.15, 0.2) is 43.0 Å². The van der Waals surface area contributed by atoms with Gasteiger partial charge in [0.15, 0.2) is 0 Å². The monoisotopic (exact) mass is 421 g/mol. The molecule has 3 aromatic heterocycles. The van der Waals surface area contributed by atoms with Crippen LogP contribution in [0, 0.1) is 6.92 Å². The minimum Gasteiger partial charge on any atom is -0.483 e. The van der Waals surface area contributed by atoms with Gasteiger partial charge in [0.1, 0.15) is 12.4 Å². The standard InChI is InChI=1S/C20H21N7O.CH2O2/c1-13-24-16-5-3-4-6-18(16)27(13)11-19(28)26-9-15(14-7-23-25(2)8-14)20-17(10-26)21-12-22-20;2-1-3/h3-8,12,15H,9-11H2,1-2H3,(H,21,22);1H,(H,2,3). The molecule has 1 aliphatic rings. The third-order valence-corrected chi connectivity index (χ3v) is 5.45. The first-order valence-corrected chi connectivity index (χ1v) is 9.80. The minimum absolute atomic E-state index is 0.0216. The average Bonchev–Trinajstić information content (AvgIpc) is 3.47. The van der Waals surface area contributed by atoms with Crippen molar-refractivity contribution in [2.75, 3.05) is 6.54 Å². The van der Waals surface area contributed by atoms with Crippen LogP contribution in [0.5, 0.6) is 0 Å². The van der Waals surface area contributed by atoms with E-state index >= 15 is 0 Å². The normalized spacial score (nSPS) is 15.3. The third-order valence-electron chi connectivity index (χ3n) is 5.45. The molecule has 1 unspecified atom stereocenters. The second-order valence-corrected chi connectivity index (χ2v) is 7.38. The van der Waals surface area contributed by atoms with Gasteiger partial charge in [-0.05, 0) is 19.1 Å². The number of amides is 1. The van der Waals surface area contributed by atoms with Crippen LogP contribution in [0.3, 0.4) is 0 Å². The predicted octanol–water partition coefficient (Wildman–Crippen LogP) is 1.68. The number of aromatic amines is 1. The van der Waals surface area contributed by atoms with Crippen molar-refractivity contribution in [3.8, 4) is 0 Å². The van der Waals surface area contributed by atoms with E-state index in [1.165, 1.54) is 0 Å². The summed E-state index contributed by atoms with van der Waals surface area (Å²) in [6.07, 6.45) is 5.55. The van der Waals surface area contributed by atoms with E-state index in [1.54, 1.807) is 11.0 Å². The second kappa shape index (κ2) is 8.42. The third kappa shape index (κ3) is 3.91. The van der Waals surface area contributed by atoms with Crippen molar-refractivity contribution in [3.05, 3.63) is 65.8 Å². The van der Waals surface area contributed by atoms with Gasteiger partial charge in [-0.15, -0.1) is 0 Å². The lowest BCUT2D eigenvalue weighted by atomic mass is 9.93. The molecule has 0 bridgehead atoms. The number of rotatable bonds is 3. The molecule has 4 aromatic rings. The smallest absolute Gasteiger partial charge is 0.290 e. The number of aryl methyl sites for hydroxylation is 2. The number of carbonyl (C=O) groups is 2. The van der Waals surface area contributed by atoms with E-state index in [2.05, 4.69) is 20.1 Å². The van der Waals surface area contributed by atoms with Gasteiger partial charge in [0.2, 0.25) is 5.91 Å². The van der Waals surface area contributed by atoms with Crippen molar-refractivity contribution in [1.82, 2.24) is 34.2 Å². The lowest BCUT2D eigenvalue weighted by molar-refractivity contribution is -0.133. The number of carboxylic acid groups (broad SMARTS) is 1. The summed E-state index contributed by atoms with van der Waals surface area (Å²) in [6, 6.07) is 7.91. The van der Waals surface area contributed by atoms with Gasteiger partial charge in [-0.1, -0.05) is 12.1 Å². The van der Waals surface area contributed by atoms with E-state index in [0.29, 0.717) is 13.1 Å².